The van der Waals surface area contributed by atoms with Crippen molar-refractivity contribution in [3.05, 3.63) is 70.2 Å². The van der Waals surface area contributed by atoms with Crippen LogP contribution in [0.3, 0.4) is 0 Å². The van der Waals surface area contributed by atoms with Crippen molar-refractivity contribution in [1.29, 1.82) is 5.41 Å². The highest BCUT2D eigenvalue weighted by atomic mass is 16.5. The van der Waals surface area contributed by atoms with Crippen LogP contribution < -0.4 is 26.4 Å². The first-order valence-electron chi connectivity index (χ1n) is 12.2. The van der Waals surface area contributed by atoms with E-state index in [9.17, 15) is 4.79 Å². The average Bonchev–Trinajstić information content (AvgIpc) is 3.24. The maximum absolute atomic E-state index is 11.9. The van der Waals surface area contributed by atoms with E-state index in [1.54, 1.807) is 30.6 Å². The number of nitrogens with one attached hydrogen (secondary N) is 2. The van der Waals surface area contributed by atoms with E-state index in [1.165, 1.54) is 0 Å². The van der Waals surface area contributed by atoms with Crippen molar-refractivity contribution in [2.24, 2.45) is 5.73 Å². The quantitative estimate of drug-likeness (QED) is 0.227. The van der Waals surface area contributed by atoms with Crippen LogP contribution in [0.15, 0.2) is 36.7 Å². The van der Waals surface area contributed by atoms with Gasteiger partial charge in [-0.15, -0.1) is 0 Å². The van der Waals surface area contributed by atoms with Gasteiger partial charge < -0.3 is 25.6 Å². The van der Waals surface area contributed by atoms with Crippen molar-refractivity contribution >= 4 is 23.2 Å². The predicted molar refractivity (Wildman–Crippen MR) is 141 cm³/mol. The number of benzene rings is 1. The molecule has 37 heavy (non-hydrogen) atoms. The van der Waals surface area contributed by atoms with Crippen LogP contribution in [0, 0.1) is 26.2 Å². The standard InChI is InChI=1S/C26H31N9O2/c1-14-8-17(11-30-25(14)34-6-7-35-18(13-34)12-31-26(35)36)23(28)20-9-19(4-5-21(20)27)37-24(29)22-15(2)10-32-33-16(22)3/h4-5,8-11,18,24,28H,6-7,12-13,27,29H2,1-3H3,(H,31,36)/t18?,24-/m0/s1. The normalized spacial score (nSPS) is 17.8. The van der Waals surface area contributed by atoms with E-state index in [1.807, 2.05) is 31.7 Å². The molecule has 11 heteroatoms. The van der Waals surface area contributed by atoms with Crippen LogP contribution in [-0.4, -0.2) is 64.0 Å². The largest absolute Gasteiger partial charge is 0.471 e. The van der Waals surface area contributed by atoms with Crippen molar-refractivity contribution < 1.29 is 9.53 Å². The lowest BCUT2D eigenvalue weighted by atomic mass is 10.0. The molecule has 0 bridgehead atoms. The van der Waals surface area contributed by atoms with Gasteiger partial charge in [0.1, 0.15) is 11.6 Å². The average molecular weight is 502 g/mol. The Morgan fingerprint density at radius 3 is 2.76 bits per heavy atom. The van der Waals surface area contributed by atoms with E-state index in [0.29, 0.717) is 47.9 Å². The van der Waals surface area contributed by atoms with Gasteiger partial charge in [-0.3, -0.25) is 11.1 Å². The number of nitrogens with zero attached hydrogens (tertiary/aromatic N) is 5. The summed E-state index contributed by atoms with van der Waals surface area (Å²) >= 11 is 0. The van der Waals surface area contributed by atoms with Crippen LogP contribution in [0.1, 0.15) is 39.7 Å². The number of aromatic nitrogens is 3. The lowest BCUT2D eigenvalue weighted by molar-refractivity contribution is 0.197. The number of hydrogen-bond donors (Lipinski definition) is 4. The molecule has 0 spiro atoms. The molecular formula is C26H31N9O2. The highest BCUT2D eigenvalue weighted by molar-refractivity contribution is 6.14. The Morgan fingerprint density at radius 2 is 2.00 bits per heavy atom. The van der Waals surface area contributed by atoms with E-state index in [2.05, 4.69) is 20.4 Å². The molecule has 0 radical (unpaired) electrons. The number of pyridine rings is 1. The maximum atomic E-state index is 11.9. The lowest BCUT2D eigenvalue weighted by Gasteiger charge is -2.37. The summed E-state index contributed by atoms with van der Waals surface area (Å²) in [4.78, 5) is 20.7. The van der Waals surface area contributed by atoms with Gasteiger partial charge in [-0.05, 0) is 56.2 Å². The smallest absolute Gasteiger partial charge is 0.317 e. The summed E-state index contributed by atoms with van der Waals surface area (Å²) < 4.78 is 6.01. The molecule has 11 nitrogen and oxygen atoms in total. The zero-order chi connectivity index (χ0) is 26.3. The Balaban J connectivity index is 1.34. The number of piperazine rings is 1. The van der Waals surface area contributed by atoms with Gasteiger partial charge in [-0.1, -0.05) is 0 Å². The number of carbonyl (C=O) groups is 1. The minimum absolute atomic E-state index is 0.00518. The zero-order valence-electron chi connectivity index (χ0n) is 21.2. The summed E-state index contributed by atoms with van der Waals surface area (Å²) in [6, 6.07) is 7.27. The highest BCUT2D eigenvalue weighted by Crippen LogP contribution is 2.28. The van der Waals surface area contributed by atoms with Crippen molar-refractivity contribution in [3.63, 3.8) is 0 Å². The molecule has 0 saturated carbocycles. The van der Waals surface area contributed by atoms with Crippen LogP contribution in [0.4, 0.5) is 16.3 Å². The van der Waals surface area contributed by atoms with E-state index in [4.69, 9.17) is 26.6 Å². The predicted octanol–water partition coefficient (Wildman–Crippen LogP) is 2.05. The maximum Gasteiger partial charge on any atom is 0.317 e. The molecule has 4 heterocycles. The van der Waals surface area contributed by atoms with Gasteiger partial charge in [-0.25, -0.2) is 9.78 Å². The molecule has 1 aromatic carbocycles. The Morgan fingerprint density at radius 1 is 1.19 bits per heavy atom. The van der Waals surface area contributed by atoms with Crippen molar-refractivity contribution in [3.8, 4) is 5.75 Å². The third-order valence-corrected chi connectivity index (χ3v) is 6.99. The van der Waals surface area contributed by atoms with Crippen molar-refractivity contribution in [2.75, 3.05) is 36.8 Å². The summed E-state index contributed by atoms with van der Waals surface area (Å²) in [5, 5.41) is 19.8. The van der Waals surface area contributed by atoms with Crippen LogP contribution in [0.25, 0.3) is 0 Å². The van der Waals surface area contributed by atoms with Crippen LogP contribution in [0.5, 0.6) is 5.75 Å². The Labute approximate surface area is 215 Å². The monoisotopic (exact) mass is 501 g/mol. The van der Waals surface area contributed by atoms with E-state index in [-0.39, 0.29) is 17.8 Å². The topological polar surface area (TPSA) is 159 Å². The molecule has 5 rings (SSSR count). The molecule has 2 aliphatic heterocycles. The molecule has 1 unspecified atom stereocenters. The third-order valence-electron chi connectivity index (χ3n) is 6.99. The first kappa shape index (κ1) is 24.4. The Bertz CT molecular complexity index is 1360. The van der Waals surface area contributed by atoms with E-state index >= 15 is 0 Å². The summed E-state index contributed by atoms with van der Waals surface area (Å²) in [7, 11) is 0. The van der Waals surface area contributed by atoms with E-state index < -0.39 is 6.23 Å². The SMILES string of the molecule is Cc1cc(C(=N)c2cc(O[C@H](N)c3c(C)cnnc3C)ccc2N)cnc1N1CCN2C(=O)NCC2C1. The number of fused-ring (bicyclic) bond motifs is 1. The minimum atomic E-state index is -0.741. The molecule has 2 aromatic heterocycles. The fourth-order valence-electron chi connectivity index (χ4n) is 5.06. The fraction of sp³-hybridized carbons (Fsp3) is 0.346. The Hall–Kier alpha value is -4.25. The summed E-state index contributed by atoms with van der Waals surface area (Å²) in [6.07, 6.45) is 2.61. The van der Waals surface area contributed by atoms with Crippen molar-refractivity contribution in [1.82, 2.24) is 25.4 Å². The first-order chi connectivity index (χ1) is 17.7. The molecule has 2 aliphatic rings. The minimum Gasteiger partial charge on any atom is -0.471 e. The molecule has 3 aromatic rings. The highest BCUT2D eigenvalue weighted by Gasteiger charge is 2.36. The van der Waals surface area contributed by atoms with E-state index in [0.717, 1.165) is 29.1 Å². The number of carbonyl (C=O) groups excluding carboxylic acids is 1. The van der Waals surface area contributed by atoms with Gasteiger partial charge in [0.25, 0.3) is 0 Å². The number of nitrogen functional groups attached to an aromatic ring is 1. The number of amides is 2. The second-order valence-electron chi connectivity index (χ2n) is 9.53. The molecule has 2 fully saturated rings. The number of anilines is 2. The molecule has 2 amide bonds. The molecule has 2 saturated heterocycles. The number of rotatable bonds is 6. The second-order valence-corrected chi connectivity index (χ2v) is 9.53. The molecule has 0 aliphatic carbocycles. The van der Waals surface area contributed by atoms with Crippen LogP contribution >= 0.6 is 0 Å². The first-order valence-corrected chi connectivity index (χ1v) is 12.2. The lowest BCUT2D eigenvalue weighted by Crippen LogP contribution is -2.52. The summed E-state index contributed by atoms with van der Waals surface area (Å²) in [5.74, 6) is 1.36. The fourth-order valence-corrected chi connectivity index (χ4v) is 5.06. The number of hydrogen-bond acceptors (Lipinski definition) is 9. The summed E-state index contributed by atoms with van der Waals surface area (Å²) in [5.41, 5.74) is 17.8. The van der Waals surface area contributed by atoms with Crippen LogP contribution in [0.2, 0.25) is 0 Å². The summed E-state index contributed by atoms with van der Waals surface area (Å²) in [6.45, 7) is 8.48. The van der Waals surface area contributed by atoms with Crippen LogP contribution in [-0.2, 0) is 0 Å². The zero-order valence-corrected chi connectivity index (χ0v) is 21.2. The van der Waals surface area contributed by atoms with Gasteiger partial charge in [-0.2, -0.15) is 10.2 Å². The molecule has 192 valence electrons. The molecule has 6 N–H and O–H groups in total. The second kappa shape index (κ2) is 9.66. The number of nitrogens with two attached hydrogens (primary N) is 2. The Kier molecular flexibility index (Phi) is 6.38. The molecule has 2 atom stereocenters. The number of urea groups is 1. The van der Waals surface area contributed by atoms with Crippen molar-refractivity contribution in [2.45, 2.75) is 33.0 Å². The number of ether oxygens (including phenoxy) is 1. The van der Waals surface area contributed by atoms with Gasteiger partial charge in [0, 0.05) is 54.8 Å². The third kappa shape index (κ3) is 4.65. The van der Waals surface area contributed by atoms with Gasteiger partial charge >= 0.3 is 6.03 Å². The van der Waals surface area contributed by atoms with Gasteiger partial charge in [0.05, 0.1) is 23.6 Å². The number of aryl methyl sites for hydroxylation is 3. The molecular weight excluding hydrogens is 470 g/mol. The van der Waals surface area contributed by atoms with Gasteiger partial charge in [0.2, 0.25) is 0 Å². The van der Waals surface area contributed by atoms with Gasteiger partial charge in [0.15, 0.2) is 6.23 Å².